The number of halogens is 3. The largest absolute Gasteiger partial charge is 0.370 e. The molecule has 0 bridgehead atoms. The van der Waals surface area contributed by atoms with Crippen molar-refractivity contribution in [1.29, 1.82) is 0 Å². The summed E-state index contributed by atoms with van der Waals surface area (Å²) in [4.78, 5) is 25.0. The summed E-state index contributed by atoms with van der Waals surface area (Å²) in [5.41, 5.74) is 16.2. The van der Waals surface area contributed by atoms with Gasteiger partial charge in [-0.2, -0.15) is 0 Å². The van der Waals surface area contributed by atoms with E-state index in [1.54, 1.807) is 18.0 Å². The SMILES string of the molecule is NCCCN=C(N)N.O=C1CCCN1c1ccc(SN2CCN(c3cc(C(F)(F)C4CCCCC4)cc(Cl)n3)CC2)cc1. The number of carbonyl (C=O) groups excluding carboxylic acids is 1. The van der Waals surface area contributed by atoms with Gasteiger partial charge in [0.1, 0.15) is 11.0 Å². The second kappa shape index (κ2) is 15.9. The first-order chi connectivity index (χ1) is 20.7. The molecule has 6 N–H and O–H groups in total. The highest BCUT2D eigenvalue weighted by molar-refractivity contribution is 7.97. The van der Waals surface area contributed by atoms with Gasteiger partial charge in [-0.25, -0.2) is 18.1 Å². The van der Waals surface area contributed by atoms with E-state index in [0.717, 1.165) is 62.3 Å². The second-order valence-electron chi connectivity index (χ2n) is 11.1. The fraction of sp³-hybridized carbons (Fsp3) is 0.567. The van der Waals surface area contributed by atoms with Crippen LogP contribution in [-0.4, -0.2) is 67.0 Å². The van der Waals surface area contributed by atoms with Crippen molar-refractivity contribution in [2.75, 3.05) is 55.6 Å². The summed E-state index contributed by atoms with van der Waals surface area (Å²) in [6.07, 6.45) is 6.29. The average molecular weight is 637 g/mol. The molecule has 13 heteroatoms. The third-order valence-electron chi connectivity index (χ3n) is 7.96. The smallest absolute Gasteiger partial charge is 0.276 e. The molecule has 1 aromatic carbocycles. The molecule has 5 rings (SSSR count). The highest BCUT2D eigenvalue weighted by Crippen LogP contribution is 2.44. The third-order valence-corrected chi connectivity index (χ3v) is 9.26. The molecular weight excluding hydrogens is 594 g/mol. The molecule has 2 saturated heterocycles. The minimum Gasteiger partial charge on any atom is -0.370 e. The molecule has 3 aliphatic rings. The predicted molar refractivity (Wildman–Crippen MR) is 172 cm³/mol. The molecule has 236 valence electrons. The van der Waals surface area contributed by atoms with Crippen molar-refractivity contribution in [3.63, 3.8) is 0 Å². The van der Waals surface area contributed by atoms with Crippen LogP contribution in [0.5, 0.6) is 0 Å². The van der Waals surface area contributed by atoms with Gasteiger partial charge >= 0.3 is 0 Å². The minimum absolute atomic E-state index is 0.00669. The molecule has 3 heterocycles. The number of amides is 1. The van der Waals surface area contributed by atoms with Crippen LogP contribution in [0.1, 0.15) is 56.9 Å². The van der Waals surface area contributed by atoms with Crippen LogP contribution >= 0.6 is 23.5 Å². The zero-order valence-corrected chi connectivity index (χ0v) is 26.1. The van der Waals surface area contributed by atoms with Crippen molar-refractivity contribution in [1.82, 2.24) is 9.29 Å². The molecule has 0 radical (unpaired) electrons. The Morgan fingerprint density at radius 2 is 1.72 bits per heavy atom. The Labute approximate surface area is 262 Å². The Morgan fingerprint density at radius 1 is 1.02 bits per heavy atom. The number of benzene rings is 1. The number of rotatable bonds is 9. The highest BCUT2D eigenvalue weighted by Gasteiger charge is 2.42. The molecule has 0 spiro atoms. The lowest BCUT2D eigenvalue weighted by atomic mass is 9.82. The van der Waals surface area contributed by atoms with Gasteiger partial charge in [0.2, 0.25) is 5.91 Å². The summed E-state index contributed by atoms with van der Waals surface area (Å²) in [5.74, 6) is -2.64. The van der Waals surface area contributed by atoms with Crippen molar-refractivity contribution in [3.05, 3.63) is 47.1 Å². The topological polar surface area (TPSA) is 130 Å². The highest BCUT2D eigenvalue weighted by atomic mass is 35.5. The van der Waals surface area contributed by atoms with Crippen molar-refractivity contribution in [3.8, 4) is 0 Å². The molecule has 3 fully saturated rings. The van der Waals surface area contributed by atoms with Crippen LogP contribution < -0.4 is 27.0 Å². The number of pyridine rings is 1. The standard InChI is InChI=1S/C26H31ClF2N4OS.C4H12N4/c27-23-17-20(26(28,29)19-5-2-1-3-6-19)18-24(30-23)31-13-15-32(16-14-31)35-22-10-8-21(9-11-22)33-12-4-7-25(33)34;5-2-1-3-8-4(6)7/h8-11,17-19H,1-7,12-16H2;1-3,5H2,(H4,6,7,8). The monoisotopic (exact) mass is 636 g/mol. The van der Waals surface area contributed by atoms with Crippen molar-refractivity contribution in [2.45, 2.75) is 62.2 Å². The van der Waals surface area contributed by atoms with E-state index in [2.05, 4.69) is 26.4 Å². The molecule has 1 aliphatic carbocycles. The van der Waals surface area contributed by atoms with Gasteiger partial charge in [0.05, 0.1) is 0 Å². The van der Waals surface area contributed by atoms with E-state index in [-0.39, 0.29) is 22.6 Å². The van der Waals surface area contributed by atoms with E-state index in [4.69, 9.17) is 28.8 Å². The quantitative estimate of drug-likeness (QED) is 0.116. The number of aliphatic imine (C=N–C) groups is 1. The van der Waals surface area contributed by atoms with Crippen LogP contribution in [0, 0.1) is 5.92 Å². The number of nitrogens with two attached hydrogens (primary N) is 3. The minimum atomic E-state index is -2.88. The van der Waals surface area contributed by atoms with Crippen LogP contribution in [-0.2, 0) is 10.7 Å². The summed E-state index contributed by atoms with van der Waals surface area (Å²) in [7, 11) is 0. The second-order valence-corrected chi connectivity index (χ2v) is 12.7. The first kappa shape index (κ1) is 33.2. The first-order valence-electron chi connectivity index (χ1n) is 15.1. The van der Waals surface area contributed by atoms with Crippen LogP contribution in [0.3, 0.4) is 0 Å². The molecule has 2 aromatic rings. The van der Waals surface area contributed by atoms with Crippen LogP contribution in [0.25, 0.3) is 0 Å². The van der Waals surface area contributed by atoms with Gasteiger partial charge in [0.15, 0.2) is 5.96 Å². The Bertz CT molecular complexity index is 1220. The number of hydrogen-bond donors (Lipinski definition) is 3. The maximum Gasteiger partial charge on any atom is 0.276 e. The third kappa shape index (κ3) is 9.41. The number of alkyl halides is 2. The maximum atomic E-state index is 15.3. The van der Waals surface area contributed by atoms with E-state index in [9.17, 15) is 4.79 Å². The maximum absolute atomic E-state index is 15.3. The number of anilines is 2. The van der Waals surface area contributed by atoms with Crippen LogP contribution in [0.4, 0.5) is 20.3 Å². The fourth-order valence-electron chi connectivity index (χ4n) is 5.60. The summed E-state index contributed by atoms with van der Waals surface area (Å²) in [5, 5.41) is 0.126. The van der Waals surface area contributed by atoms with E-state index in [0.29, 0.717) is 51.3 Å². The molecule has 2 aliphatic heterocycles. The van der Waals surface area contributed by atoms with Gasteiger partial charge in [-0.15, -0.1) is 0 Å². The lowest BCUT2D eigenvalue weighted by molar-refractivity contribution is -0.117. The number of carbonyl (C=O) groups is 1. The summed E-state index contributed by atoms with van der Waals surface area (Å²) < 4.78 is 32.8. The zero-order valence-electron chi connectivity index (χ0n) is 24.6. The van der Waals surface area contributed by atoms with Crippen LogP contribution in [0.15, 0.2) is 46.3 Å². The van der Waals surface area contributed by atoms with Crippen LogP contribution in [0.2, 0.25) is 5.15 Å². The Morgan fingerprint density at radius 3 is 2.33 bits per heavy atom. The molecule has 43 heavy (non-hydrogen) atoms. The van der Waals surface area contributed by atoms with Gasteiger partial charge in [0, 0.05) is 67.8 Å². The van der Waals surface area contributed by atoms with Crippen molar-refractivity contribution >= 4 is 46.9 Å². The molecular formula is C30H43ClF2N8OS. The Balaban J connectivity index is 0.000000467. The van der Waals surface area contributed by atoms with Gasteiger partial charge < -0.3 is 27.0 Å². The van der Waals surface area contributed by atoms with Gasteiger partial charge in [-0.05, 0) is 80.6 Å². The van der Waals surface area contributed by atoms with E-state index in [1.165, 1.54) is 6.07 Å². The van der Waals surface area contributed by atoms with E-state index in [1.807, 2.05) is 21.9 Å². The van der Waals surface area contributed by atoms with Gasteiger partial charge in [-0.3, -0.25) is 9.79 Å². The zero-order chi connectivity index (χ0) is 30.8. The molecule has 1 saturated carbocycles. The fourth-order valence-corrected chi connectivity index (χ4v) is 6.71. The Hall–Kier alpha value is -2.67. The van der Waals surface area contributed by atoms with E-state index < -0.39 is 11.8 Å². The van der Waals surface area contributed by atoms with Gasteiger partial charge in [0.25, 0.3) is 5.92 Å². The molecule has 0 unspecified atom stereocenters. The summed E-state index contributed by atoms with van der Waals surface area (Å²) >= 11 is 7.89. The number of nitrogens with zero attached hydrogens (tertiary/aromatic N) is 5. The molecule has 1 amide bonds. The number of aromatic nitrogens is 1. The molecule has 0 atom stereocenters. The number of guanidine groups is 1. The average Bonchev–Trinajstić information content (AvgIpc) is 3.44. The van der Waals surface area contributed by atoms with Crippen molar-refractivity contribution < 1.29 is 13.6 Å². The Kier molecular flexibility index (Phi) is 12.3. The first-order valence-corrected chi connectivity index (χ1v) is 16.2. The molecule has 1 aromatic heterocycles. The number of hydrogen-bond acceptors (Lipinski definition) is 7. The van der Waals surface area contributed by atoms with E-state index >= 15 is 8.78 Å². The van der Waals surface area contributed by atoms with Gasteiger partial charge in [-0.1, -0.05) is 30.9 Å². The normalized spacial score (nSPS) is 18.4. The predicted octanol–water partition coefficient (Wildman–Crippen LogP) is 4.97. The van der Waals surface area contributed by atoms with Crippen molar-refractivity contribution in [2.24, 2.45) is 28.1 Å². The number of piperazine rings is 1. The summed E-state index contributed by atoms with van der Waals surface area (Å²) in [6.45, 7) is 5.00. The lowest BCUT2D eigenvalue weighted by Crippen LogP contribution is -2.44. The summed E-state index contributed by atoms with van der Waals surface area (Å²) in [6, 6.07) is 11.0. The lowest BCUT2D eigenvalue weighted by Gasteiger charge is -2.35. The molecule has 9 nitrogen and oxygen atoms in total.